The second kappa shape index (κ2) is 68.7. The van der Waals surface area contributed by atoms with Gasteiger partial charge in [-0.15, -0.1) is 0 Å². The normalized spacial score (nSPS) is 12.8. The van der Waals surface area contributed by atoms with E-state index in [-0.39, 0.29) is 71.9 Å². The van der Waals surface area contributed by atoms with Crippen LogP contribution < -0.4 is 29.1 Å². The first-order valence-corrected chi connectivity index (χ1v) is 44.2. The molecule has 540 valence electrons. The third kappa shape index (κ3) is 72.7. The summed E-state index contributed by atoms with van der Waals surface area (Å²) in [6, 6.07) is -3.26. The quantitative estimate of drug-likeness (QED) is 0.0327. The Morgan fingerprint density at radius 2 is 0.374 bits per heavy atom. The van der Waals surface area contributed by atoms with E-state index < -0.39 is 77.2 Å². The minimum Gasteiger partial charge on any atom is -0.548 e. The van der Waals surface area contributed by atoms with Crippen LogP contribution in [-0.4, -0.2) is 143 Å². The Morgan fingerprint density at radius 1 is 0.242 bits per heavy atom. The monoisotopic (exact) mass is 1500 g/mol. The van der Waals surface area contributed by atoms with Crippen LogP contribution in [-0.2, 0) is 49.7 Å². The van der Waals surface area contributed by atoms with E-state index in [1.807, 2.05) is 0 Å². The molecule has 0 aromatic heterocycles. The molecule has 0 aliphatic heterocycles. The van der Waals surface area contributed by atoms with Crippen molar-refractivity contribution in [1.29, 1.82) is 0 Å². The fourth-order valence-electron chi connectivity index (χ4n) is 11.4. The van der Waals surface area contributed by atoms with Crippen LogP contribution in [0, 0.1) is 0 Å². The predicted molar refractivity (Wildman–Crippen MR) is 382 cm³/mol. The maximum Gasteiger partial charge on any atom is 2.00 e. The molecule has 0 aromatic carbocycles. The van der Waals surface area contributed by atoms with E-state index in [1.54, 1.807) is 0 Å². The first-order valence-electron chi connectivity index (χ1n) is 37.6. The van der Waals surface area contributed by atoms with Crippen LogP contribution in [0.5, 0.6) is 0 Å². The second-order valence-electron chi connectivity index (χ2n) is 26.3. The van der Waals surface area contributed by atoms with Crippen molar-refractivity contribution in [3.8, 4) is 0 Å². The van der Waals surface area contributed by atoms with Crippen molar-refractivity contribution in [3.63, 3.8) is 0 Å². The summed E-state index contributed by atoms with van der Waals surface area (Å²) < 4.78 is 108. The van der Waals surface area contributed by atoms with E-state index in [9.17, 15) is 53.5 Å². The van der Waals surface area contributed by atoms with Crippen molar-refractivity contribution < 1.29 is 53.5 Å². The van der Waals surface area contributed by atoms with Gasteiger partial charge in [-0.25, -0.2) is 52.6 Å². The Hall–Kier alpha value is 0.151. The summed E-state index contributed by atoms with van der Waals surface area (Å²) in [5.41, 5.74) is 0. The molecule has 0 rings (SSSR count). The summed E-state index contributed by atoms with van der Waals surface area (Å²) in [6.45, 7) is 7.84. The van der Waals surface area contributed by atoms with Gasteiger partial charge >= 0.3 is 48.9 Å². The van der Waals surface area contributed by atoms with Crippen molar-refractivity contribution in [2.75, 3.05) is 36.1 Å². The van der Waals surface area contributed by atoms with E-state index in [4.69, 9.17) is 0 Å². The third-order valence-electron chi connectivity index (χ3n) is 17.3. The molecule has 91 heavy (non-hydrogen) atoms. The molecular formula is C70H142BaN4O12S4. The number of hydrogen-bond donors (Lipinski definition) is 4. The summed E-state index contributed by atoms with van der Waals surface area (Å²) in [4.78, 5) is 23.0. The summed E-state index contributed by atoms with van der Waals surface area (Å²) >= 11 is 0. The molecule has 4 N–H and O–H groups in total. The summed E-state index contributed by atoms with van der Waals surface area (Å²) in [5.74, 6) is -3.84. The number of nitrogens with one attached hydrogen (secondary N) is 4. The molecule has 0 bridgehead atoms. The first kappa shape index (κ1) is 95.3. The van der Waals surface area contributed by atoms with Crippen LogP contribution in [0.25, 0.3) is 0 Å². The number of rotatable bonds is 72. The number of carboxylic acid groups (broad SMARTS) is 2. The van der Waals surface area contributed by atoms with Gasteiger partial charge in [0.15, 0.2) is 0 Å². The Balaban J connectivity index is -0.00000168. The molecular weight excluding hydrogens is 1350 g/mol. The van der Waals surface area contributed by atoms with Crippen LogP contribution in [0.1, 0.15) is 387 Å². The fourth-order valence-corrected chi connectivity index (χ4v) is 16.3. The van der Waals surface area contributed by atoms with E-state index >= 15 is 0 Å². The molecule has 21 heteroatoms. The Kier molecular flexibility index (Phi) is 71.9. The molecule has 2 atom stereocenters. The molecule has 0 spiro atoms. The van der Waals surface area contributed by atoms with E-state index in [0.717, 1.165) is 89.9 Å². The minimum absolute atomic E-state index is 0. The molecule has 0 radical (unpaired) electrons. The van der Waals surface area contributed by atoms with E-state index in [2.05, 4.69) is 46.6 Å². The molecule has 0 saturated carbocycles. The first-order chi connectivity index (χ1) is 43.3. The summed E-state index contributed by atoms with van der Waals surface area (Å²) in [6.07, 6.45) is 65.1. The Labute approximate surface area is 603 Å². The van der Waals surface area contributed by atoms with Gasteiger partial charge in [0.2, 0.25) is 40.1 Å². The zero-order chi connectivity index (χ0) is 67.0. The zero-order valence-corrected chi connectivity index (χ0v) is 66.9. The van der Waals surface area contributed by atoms with Gasteiger partial charge < -0.3 is 19.8 Å². The average Bonchev–Trinajstić information content (AvgIpc) is 2.90. The van der Waals surface area contributed by atoms with Crippen LogP contribution in [0.2, 0.25) is 0 Å². The molecule has 2 unspecified atom stereocenters. The van der Waals surface area contributed by atoms with Gasteiger partial charge in [0.1, 0.15) is 0 Å². The number of aliphatic carboxylic acids is 2. The standard InChI is InChI=1S/2C35H72N2O6S2.Ba/c2*1-3-5-7-9-11-13-15-17-19-21-23-25-27-29-31-44(40,41)36-33-34(35(38)39)37-45(42,43)32-30-28-26-24-22-20-18-16-14-12-10-8-6-4-2;/h2*34,36-37H,3-33H2,1-2H3,(H,38,39);/q;;+2/p-2. The smallest absolute Gasteiger partial charge is 0.548 e. The molecule has 0 aromatic rings. The maximum atomic E-state index is 12.4. The summed E-state index contributed by atoms with van der Waals surface area (Å²) in [7, 11) is -15.1. The van der Waals surface area contributed by atoms with Crippen LogP contribution >= 0.6 is 0 Å². The van der Waals surface area contributed by atoms with Crippen molar-refractivity contribution >= 4 is 101 Å². The van der Waals surface area contributed by atoms with Gasteiger partial charge in [-0.1, -0.05) is 362 Å². The van der Waals surface area contributed by atoms with Crippen LogP contribution in [0.15, 0.2) is 0 Å². The number of carbonyl (C=O) groups excluding carboxylic acids is 2. The maximum absolute atomic E-state index is 12.4. The number of sulfonamides is 4. The van der Waals surface area contributed by atoms with Crippen LogP contribution in [0.3, 0.4) is 0 Å². The Bertz CT molecular complexity index is 1910. The second-order valence-corrected chi connectivity index (χ2v) is 33.9. The molecule has 0 heterocycles. The van der Waals surface area contributed by atoms with Gasteiger partial charge in [-0.05, 0) is 25.7 Å². The minimum atomic E-state index is -3.86. The fraction of sp³-hybridized carbons (Fsp3) is 0.971. The predicted octanol–water partition coefficient (Wildman–Crippen LogP) is 15.4. The van der Waals surface area contributed by atoms with E-state index in [0.29, 0.717) is 25.7 Å². The molecule has 0 saturated heterocycles. The largest absolute Gasteiger partial charge is 2.00 e. The number of carboxylic acids is 2. The van der Waals surface area contributed by atoms with Gasteiger partial charge in [0.05, 0.1) is 47.0 Å². The molecule has 0 fully saturated rings. The van der Waals surface area contributed by atoms with Gasteiger partial charge in [-0.3, -0.25) is 0 Å². The molecule has 16 nitrogen and oxygen atoms in total. The van der Waals surface area contributed by atoms with Gasteiger partial charge in [0, 0.05) is 13.1 Å². The topological polar surface area (TPSA) is 265 Å². The van der Waals surface area contributed by atoms with Gasteiger partial charge in [-0.2, -0.15) is 0 Å². The number of carbonyl (C=O) groups is 2. The number of hydrogen-bond acceptors (Lipinski definition) is 12. The van der Waals surface area contributed by atoms with Crippen molar-refractivity contribution in [2.24, 2.45) is 0 Å². The Morgan fingerprint density at radius 3 is 0.516 bits per heavy atom. The molecule has 0 aliphatic rings. The average molecular weight is 1500 g/mol. The molecule has 0 aliphatic carbocycles. The number of unbranched alkanes of at least 4 members (excludes halogenated alkanes) is 52. The van der Waals surface area contributed by atoms with Crippen molar-refractivity contribution in [2.45, 2.75) is 399 Å². The summed E-state index contributed by atoms with van der Waals surface area (Å²) in [5, 5.41) is 23.0. The van der Waals surface area contributed by atoms with Crippen molar-refractivity contribution in [3.05, 3.63) is 0 Å². The third-order valence-corrected chi connectivity index (χ3v) is 23.1. The zero-order valence-electron chi connectivity index (χ0n) is 59.2. The van der Waals surface area contributed by atoms with Crippen molar-refractivity contribution in [1.82, 2.24) is 18.9 Å². The van der Waals surface area contributed by atoms with Gasteiger partial charge in [0.25, 0.3) is 0 Å². The van der Waals surface area contributed by atoms with E-state index in [1.165, 1.54) is 244 Å². The SMILES string of the molecule is CCCCCCCCCCCCCCCCS(=O)(=O)NCC(NS(=O)(=O)CCCCCCCCCCCCCCCC)C(=O)[O-].CCCCCCCCCCCCCCCCS(=O)(=O)NCC(NS(=O)(=O)CCCCCCCCCCCCCCCC)C(=O)[O-].[Ba+2]. The van der Waals surface area contributed by atoms with Crippen LogP contribution in [0.4, 0.5) is 0 Å². The molecule has 0 amide bonds.